The number of nitrogens with one attached hydrogen (secondary N) is 1. The van der Waals surface area contributed by atoms with Crippen LogP contribution in [-0.4, -0.2) is 10.1 Å². The molecule has 1 aromatic heterocycles. The normalized spacial score (nSPS) is 11.4. The van der Waals surface area contributed by atoms with Gasteiger partial charge in [0.15, 0.2) is 0 Å². The average molecular weight is 267 g/mol. The van der Waals surface area contributed by atoms with E-state index in [-0.39, 0.29) is 0 Å². The summed E-state index contributed by atoms with van der Waals surface area (Å²) < 4.78 is 0. The fourth-order valence-electron chi connectivity index (χ4n) is 2.95. The highest BCUT2D eigenvalue weighted by Gasteiger charge is 2.09. The summed E-state index contributed by atoms with van der Waals surface area (Å²) in [5.74, 6) is 0.368. The minimum absolute atomic E-state index is 0.368. The molecule has 0 radical (unpaired) electrons. The average Bonchev–Trinajstić information content (AvgIpc) is 2.82. The summed E-state index contributed by atoms with van der Waals surface area (Å²) in [4.78, 5) is 3.50. The zero-order valence-electron chi connectivity index (χ0n) is 11.9. The molecular formula is C18H21NO. The Labute approximate surface area is 119 Å². The van der Waals surface area contributed by atoms with Gasteiger partial charge in [0.25, 0.3) is 0 Å². The van der Waals surface area contributed by atoms with E-state index in [0.29, 0.717) is 5.75 Å². The van der Waals surface area contributed by atoms with Crippen molar-refractivity contribution < 1.29 is 5.11 Å². The molecule has 0 aliphatic rings. The van der Waals surface area contributed by atoms with E-state index in [1.807, 2.05) is 24.3 Å². The van der Waals surface area contributed by atoms with Crippen LogP contribution in [0.25, 0.3) is 21.8 Å². The molecule has 2 N–H and O–H groups in total. The molecule has 2 nitrogen and oxygen atoms in total. The lowest BCUT2D eigenvalue weighted by Crippen LogP contribution is -1.88. The first-order valence-electron chi connectivity index (χ1n) is 7.52. The number of aromatic nitrogens is 1. The fourth-order valence-corrected chi connectivity index (χ4v) is 2.95. The third-order valence-corrected chi connectivity index (χ3v) is 3.98. The van der Waals surface area contributed by atoms with Crippen LogP contribution in [0, 0.1) is 0 Å². The minimum atomic E-state index is 0.368. The van der Waals surface area contributed by atoms with Gasteiger partial charge in [-0.3, -0.25) is 0 Å². The van der Waals surface area contributed by atoms with Gasteiger partial charge in [-0.15, -0.1) is 0 Å². The maximum Gasteiger partial charge on any atom is 0.116 e. The molecule has 0 amide bonds. The molecule has 1 heterocycles. The van der Waals surface area contributed by atoms with Crippen molar-refractivity contribution in [1.29, 1.82) is 0 Å². The van der Waals surface area contributed by atoms with E-state index in [2.05, 4.69) is 24.0 Å². The summed E-state index contributed by atoms with van der Waals surface area (Å²) in [6, 6.07) is 12.0. The van der Waals surface area contributed by atoms with Crippen LogP contribution in [0.3, 0.4) is 0 Å². The highest BCUT2D eigenvalue weighted by Crippen LogP contribution is 2.31. The second kappa shape index (κ2) is 5.58. The molecule has 0 bridgehead atoms. The highest BCUT2D eigenvalue weighted by atomic mass is 16.3. The standard InChI is InChI=1S/C18H21NO/c1-2-3-4-5-8-13-11-14(20)12-16-15-9-6-7-10-17(15)19-18(13)16/h6-7,9-12,19-20H,2-5,8H2,1H3. The molecule has 2 heteroatoms. The number of aryl methyl sites for hydroxylation is 1. The maximum absolute atomic E-state index is 9.98. The molecule has 0 aliphatic heterocycles. The molecule has 20 heavy (non-hydrogen) atoms. The van der Waals surface area contributed by atoms with Crippen LogP contribution in [0.4, 0.5) is 0 Å². The van der Waals surface area contributed by atoms with Crippen molar-refractivity contribution in [3.63, 3.8) is 0 Å². The van der Waals surface area contributed by atoms with Crippen molar-refractivity contribution in [1.82, 2.24) is 4.98 Å². The zero-order chi connectivity index (χ0) is 13.9. The minimum Gasteiger partial charge on any atom is -0.508 e. The van der Waals surface area contributed by atoms with Gasteiger partial charge in [-0.2, -0.15) is 0 Å². The zero-order valence-corrected chi connectivity index (χ0v) is 11.9. The summed E-state index contributed by atoms with van der Waals surface area (Å²) >= 11 is 0. The van der Waals surface area contributed by atoms with Gasteiger partial charge in [0.05, 0.1) is 0 Å². The second-order valence-electron chi connectivity index (χ2n) is 5.51. The highest BCUT2D eigenvalue weighted by molar-refractivity contribution is 6.08. The second-order valence-corrected chi connectivity index (χ2v) is 5.51. The molecule has 0 aliphatic carbocycles. The molecule has 0 unspecified atom stereocenters. The number of hydrogen-bond acceptors (Lipinski definition) is 1. The maximum atomic E-state index is 9.98. The first-order chi connectivity index (χ1) is 9.79. The quantitative estimate of drug-likeness (QED) is 0.616. The van der Waals surface area contributed by atoms with Crippen molar-refractivity contribution in [3.05, 3.63) is 42.0 Å². The summed E-state index contributed by atoms with van der Waals surface area (Å²) in [5.41, 5.74) is 3.55. The lowest BCUT2D eigenvalue weighted by Gasteiger charge is -2.05. The van der Waals surface area contributed by atoms with Gasteiger partial charge in [0, 0.05) is 21.8 Å². The van der Waals surface area contributed by atoms with Crippen molar-refractivity contribution in [2.24, 2.45) is 0 Å². The monoisotopic (exact) mass is 267 g/mol. The molecule has 104 valence electrons. The smallest absolute Gasteiger partial charge is 0.116 e. The third kappa shape index (κ3) is 2.38. The van der Waals surface area contributed by atoms with Gasteiger partial charge >= 0.3 is 0 Å². The first-order valence-corrected chi connectivity index (χ1v) is 7.52. The van der Waals surface area contributed by atoms with Gasteiger partial charge in [-0.05, 0) is 36.6 Å². The number of phenols is 1. The Balaban J connectivity index is 2.02. The number of H-pyrrole nitrogens is 1. The topological polar surface area (TPSA) is 36.0 Å². The lowest BCUT2D eigenvalue weighted by molar-refractivity contribution is 0.475. The fraction of sp³-hybridized carbons (Fsp3) is 0.333. The molecule has 0 saturated heterocycles. The number of rotatable bonds is 5. The Kier molecular flexibility index (Phi) is 3.64. The Bertz CT molecular complexity index is 727. The van der Waals surface area contributed by atoms with Crippen LogP contribution in [0.2, 0.25) is 0 Å². The van der Waals surface area contributed by atoms with E-state index < -0.39 is 0 Å². The van der Waals surface area contributed by atoms with E-state index in [9.17, 15) is 5.11 Å². The van der Waals surface area contributed by atoms with Gasteiger partial charge in [-0.1, -0.05) is 44.4 Å². The molecule has 0 fully saturated rings. The van der Waals surface area contributed by atoms with Crippen molar-refractivity contribution in [3.8, 4) is 5.75 Å². The first kappa shape index (κ1) is 13.0. The third-order valence-electron chi connectivity index (χ3n) is 3.98. The van der Waals surface area contributed by atoms with E-state index in [4.69, 9.17) is 0 Å². The number of hydrogen-bond donors (Lipinski definition) is 2. The van der Waals surface area contributed by atoms with Gasteiger partial charge in [0.2, 0.25) is 0 Å². The summed E-state index contributed by atoms with van der Waals surface area (Å²) in [6.07, 6.45) is 6.00. The number of aromatic hydroxyl groups is 1. The predicted molar refractivity (Wildman–Crippen MR) is 85.3 cm³/mol. The van der Waals surface area contributed by atoms with Crippen LogP contribution in [-0.2, 0) is 6.42 Å². The Morgan fingerprint density at radius 2 is 1.85 bits per heavy atom. The largest absolute Gasteiger partial charge is 0.508 e. The summed E-state index contributed by atoms with van der Waals surface area (Å²) in [6.45, 7) is 2.23. The van der Waals surface area contributed by atoms with Crippen LogP contribution in [0.15, 0.2) is 36.4 Å². The Morgan fingerprint density at radius 1 is 1.00 bits per heavy atom. The molecule has 0 saturated carbocycles. The van der Waals surface area contributed by atoms with Crippen molar-refractivity contribution in [2.75, 3.05) is 0 Å². The van der Waals surface area contributed by atoms with Gasteiger partial charge in [-0.25, -0.2) is 0 Å². The number of para-hydroxylation sites is 1. The molecular weight excluding hydrogens is 246 g/mol. The summed E-state index contributed by atoms with van der Waals surface area (Å²) in [5, 5.41) is 12.3. The van der Waals surface area contributed by atoms with Gasteiger partial charge < -0.3 is 10.1 Å². The molecule has 0 atom stereocenters. The Morgan fingerprint density at radius 3 is 2.70 bits per heavy atom. The van der Waals surface area contributed by atoms with Gasteiger partial charge in [0.1, 0.15) is 5.75 Å². The predicted octanol–water partition coefficient (Wildman–Crippen LogP) is 5.15. The van der Waals surface area contributed by atoms with E-state index in [1.165, 1.54) is 42.1 Å². The Hall–Kier alpha value is -1.96. The van der Waals surface area contributed by atoms with Crippen LogP contribution in [0.5, 0.6) is 5.75 Å². The number of phenolic OH excluding ortho intramolecular Hbond substituents is 1. The molecule has 2 aromatic carbocycles. The van der Waals surface area contributed by atoms with Crippen LogP contribution < -0.4 is 0 Å². The van der Waals surface area contributed by atoms with Crippen molar-refractivity contribution in [2.45, 2.75) is 39.0 Å². The van der Waals surface area contributed by atoms with E-state index in [0.717, 1.165) is 17.3 Å². The van der Waals surface area contributed by atoms with Crippen LogP contribution >= 0.6 is 0 Å². The number of aromatic amines is 1. The summed E-state index contributed by atoms with van der Waals surface area (Å²) in [7, 11) is 0. The lowest BCUT2D eigenvalue weighted by atomic mass is 10.0. The number of fused-ring (bicyclic) bond motifs is 3. The number of unbranched alkanes of at least 4 members (excludes halogenated alkanes) is 3. The molecule has 3 aromatic rings. The molecule has 3 rings (SSSR count). The number of benzene rings is 2. The van der Waals surface area contributed by atoms with Crippen LogP contribution in [0.1, 0.15) is 38.2 Å². The van der Waals surface area contributed by atoms with E-state index >= 15 is 0 Å². The SMILES string of the molecule is CCCCCCc1cc(O)cc2c1[nH]c1ccccc12. The van der Waals surface area contributed by atoms with Crippen molar-refractivity contribution >= 4 is 21.8 Å². The van der Waals surface area contributed by atoms with E-state index in [1.54, 1.807) is 0 Å². The molecule has 0 spiro atoms.